The summed E-state index contributed by atoms with van der Waals surface area (Å²) in [6.07, 6.45) is 3.59. The summed E-state index contributed by atoms with van der Waals surface area (Å²) in [5.74, 6) is 0.201. The second kappa shape index (κ2) is 2.31. The topological polar surface area (TPSA) is 34.1 Å². The van der Waals surface area contributed by atoms with Crippen LogP contribution in [0.4, 0.5) is 0 Å². The molecule has 3 heteroatoms. The molecule has 1 radical (unpaired) electrons. The van der Waals surface area contributed by atoms with E-state index in [0.29, 0.717) is 6.42 Å². The van der Waals surface area contributed by atoms with Crippen molar-refractivity contribution in [2.45, 2.75) is 13.3 Å². The van der Waals surface area contributed by atoms with Crippen LogP contribution in [0.1, 0.15) is 13.3 Å². The van der Waals surface area contributed by atoms with Crippen LogP contribution in [0.3, 0.4) is 0 Å². The van der Waals surface area contributed by atoms with Crippen LogP contribution in [0.15, 0.2) is 0 Å². The largest absolute Gasteiger partial charge is 0.229 e. The second-order valence-corrected chi connectivity index (χ2v) is 3.34. The van der Waals surface area contributed by atoms with Crippen molar-refractivity contribution in [2.75, 3.05) is 5.75 Å². The van der Waals surface area contributed by atoms with Crippen LogP contribution in [0.25, 0.3) is 0 Å². The molecule has 43 valence electrons. The van der Waals surface area contributed by atoms with E-state index in [9.17, 15) is 8.42 Å². The molecule has 0 fully saturated rings. The van der Waals surface area contributed by atoms with Gasteiger partial charge in [-0.25, -0.2) is 8.42 Å². The Morgan fingerprint density at radius 3 is 2.00 bits per heavy atom. The highest BCUT2D eigenvalue weighted by atomic mass is 32.2. The average Bonchev–Trinajstić information content (AvgIpc) is 1.30. The van der Waals surface area contributed by atoms with E-state index in [0.717, 1.165) is 0 Å². The van der Waals surface area contributed by atoms with E-state index in [4.69, 9.17) is 0 Å². The number of hydrogen-bond acceptors (Lipinski definition) is 2. The molecule has 0 atom stereocenters. The van der Waals surface area contributed by atoms with Gasteiger partial charge in [0.25, 0.3) is 0 Å². The van der Waals surface area contributed by atoms with Gasteiger partial charge in [-0.3, -0.25) is 0 Å². The fraction of sp³-hybridized carbons (Fsp3) is 0.750. The zero-order valence-corrected chi connectivity index (χ0v) is 5.16. The Bertz CT molecular complexity index is 123. The first-order valence-electron chi connectivity index (χ1n) is 2.12. The Morgan fingerprint density at radius 2 is 2.00 bits per heavy atom. The van der Waals surface area contributed by atoms with Gasteiger partial charge in [0.15, 0.2) is 9.84 Å². The van der Waals surface area contributed by atoms with E-state index in [1.807, 2.05) is 6.92 Å². The minimum atomic E-state index is -2.92. The van der Waals surface area contributed by atoms with Gasteiger partial charge in [-0.2, -0.15) is 0 Å². The third kappa shape index (κ3) is 5.95. The molecule has 0 N–H and O–H groups in total. The molecular weight excluding hydrogens is 112 g/mol. The van der Waals surface area contributed by atoms with Crippen molar-refractivity contribution in [1.82, 2.24) is 0 Å². The smallest absolute Gasteiger partial charge is 0.151 e. The zero-order valence-electron chi connectivity index (χ0n) is 4.35. The normalized spacial score (nSPS) is 11.7. The second-order valence-electron chi connectivity index (χ2n) is 1.45. The lowest BCUT2D eigenvalue weighted by Crippen LogP contribution is -1.97. The van der Waals surface area contributed by atoms with Gasteiger partial charge in [-0.1, -0.05) is 6.92 Å². The predicted octanol–water partition coefficient (Wildman–Crippen LogP) is 0.603. The molecule has 0 heterocycles. The molecule has 2 nitrogen and oxygen atoms in total. The zero-order chi connectivity index (χ0) is 5.91. The van der Waals surface area contributed by atoms with Gasteiger partial charge in [0.05, 0.1) is 6.26 Å². The van der Waals surface area contributed by atoms with Gasteiger partial charge in [-0.05, 0) is 6.42 Å². The Morgan fingerprint density at radius 1 is 1.57 bits per heavy atom. The quantitative estimate of drug-likeness (QED) is 0.536. The van der Waals surface area contributed by atoms with Crippen LogP contribution >= 0.6 is 0 Å². The molecule has 0 bridgehead atoms. The first-order chi connectivity index (χ1) is 3.06. The summed E-state index contributed by atoms with van der Waals surface area (Å²) in [6, 6.07) is 0. The van der Waals surface area contributed by atoms with Gasteiger partial charge in [-0.15, -0.1) is 0 Å². The monoisotopic (exact) mass is 121 g/mol. The van der Waals surface area contributed by atoms with E-state index in [-0.39, 0.29) is 5.75 Å². The van der Waals surface area contributed by atoms with Crippen molar-refractivity contribution in [3.05, 3.63) is 6.26 Å². The lowest BCUT2D eigenvalue weighted by atomic mass is 10.6. The van der Waals surface area contributed by atoms with Crippen molar-refractivity contribution in [3.8, 4) is 0 Å². The van der Waals surface area contributed by atoms with Crippen molar-refractivity contribution in [1.29, 1.82) is 0 Å². The van der Waals surface area contributed by atoms with E-state index >= 15 is 0 Å². The summed E-state index contributed by atoms with van der Waals surface area (Å²) in [7, 11) is -2.92. The molecule has 0 aliphatic heterocycles. The molecule has 0 saturated carbocycles. The van der Waals surface area contributed by atoms with E-state index in [1.54, 1.807) is 0 Å². The highest BCUT2D eigenvalue weighted by Gasteiger charge is 1.95. The van der Waals surface area contributed by atoms with Crippen LogP contribution in [0.2, 0.25) is 0 Å². The van der Waals surface area contributed by atoms with Crippen molar-refractivity contribution in [3.63, 3.8) is 0 Å². The van der Waals surface area contributed by atoms with Gasteiger partial charge in [0, 0.05) is 5.75 Å². The Labute approximate surface area is 44.5 Å². The standard InChI is InChI=1S/C4H9O2S/c1-3-4-7(2,5)6/h2-4H2,1H3. The molecule has 0 amide bonds. The van der Waals surface area contributed by atoms with Crippen molar-refractivity contribution in [2.24, 2.45) is 0 Å². The summed E-state index contributed by atoms with van der Waals surface area (Å²) < 4.78 is 20.2. The minimum absolute atomic E-state index is 0.201. The maximum absolute atomic E-state index is 10.1. The molecule has 0 rings (SSSR count). The highest BCUT2D eigenvalue weighted by Crippen LogP contribution is 1.86. The molecular formula is C4H9O2S. The predicted molar refractivity (Wildman–Crippen MR) is 29.4 cm³/mol. The van der Waals surface area contributed by atoms with Crippen molar-refractivity contribution >= 4 is 9.84 Å². The van der Waals surface area contributed by atoms with Crippen LogP contribution in [0.5, 0.6) is 0 Å². The van der Waals surface area contributed by atoms with Gasteiger partial charge < -0.3 is 0 Å². The van der Waals surface area contributed by atoms with E-state index in [2.05, 4.69) is 6.26 Å². The Kier molecular flexibility index (Phi) is 2.29. The minimum Gasteiger partial charge on any atom is -0.229 e. The average molecular weight is 121 g/mol. The molecule has 7 heavy (non-hydrogen) atoms. The Hall–Kier alpha value is -0.0500. The number of rotatable bonds is 2. The lowest BCUT2D eigenvalue weighted by Gasteiger charge is -1.86. The highest BCUT2D eigenvalue weighted by molar-refractivity contribution is 7.92. The molecule has 0 aromatic heterocycles. The molecule has 0 aromatic rings. The maximum Gasteiger partial charge on any atom is 0.151 e. The molecule has 0 aromatic carbocycles. The fourth-order valence-electron chi connectivity index (χ4n) is 0.311. The van der Waals surface area contributed by atoms with Gasteiger partial charge in [0.1, 0.15) is 0 Å². The SMILES string of the molecule is [CH2]S(=O)(=O)CCC. The van der Waals surface area contributed by atoms with Crippen LogP contribution in [-0.4, -0.2) is 14.2 Å². The first kappa shape index (κ1) is 6.95. The molecule has 0 aliphatic rings. The molecule has 0 saturated heterocycles. The summed E-state index contributed by atoms with van der Waals surface area (Å²) >= 11 is 0. The third-order valence-corrected chi connectivity index (χ3v) is 1.55. The number of sulfone groups is 1. The summed E-state index contributed by atoms with van der Waals surface area (Å²) in [6.45, 7) is 1.81. The van der Waals surface area contributed by atoms with Gasteiger partial charge in [0.2, 0.25) is 0 Å². The molecule has 0 aliphatic carbocycles. The van der Waals surface area contributed by atoms with Crippen LogP contribution in [0, 0.1) is 6.26 Å². The van der Waals surface area contributed by atoms with Crippen LogP contribution in [-0.2, 0) is 9.84 Å². The lowest BCUT2D eigenvalue weighted by molar-refractivity contribution is 0.603. The third-order valence-electron chi connectivity index (χ3n) is 0.515. The first-order valence-corrected chi connectivity index (χ1v) is 3.94. The maximum atomic E-state index is 10.1. The summed E-state index contributed by atoms with van der Waals surface area (Å²) in [4.78, 5) is 0. The van der Waals surface area contributed by atoms with E-state index < -0.39 is 9.84 Å². The van der Waals surface area contributed by atoms with Gasteiger partial charge >= 0.3 is 0 Å². The fourth-order valence-corrected chi connectivity index (χ4v) is 0.933. The Balaban J connectivity index is 3.60. The van der Waals surface area contributed by atoms with E-state index in [1.165, 1.54) is 0 Å². The van der Waals surface area contributed by atoms with Crippen molar-refractivity contribution < 1.29 is 8.42 Å². The summed E-state index contributed by atoms with van der Waals surface area (Å²) in [5, 5.41) is 0. The van der Waals surface area contributed by atoms with Crippen LogP contribution < -0.4 is 0 Å². The number of hydrogen-bond donors (Lipinski definition) is 0. The molecule has 0 spiro atoms. The molecule has 0 unspecified atom stereocenters. The summed E-state index contributed by atoms with van der Waals surface area (Å²) in [5.41, 5.74) is 0.